The molecule has 0 fully saturated rings. The molecule has 0 aliphatic heterocycles. The van der Waals surface area contributed by atoms with Crippen LogP contribution >= 0.6 is 11.8 Å². The predicted molar refractivity (Wildman–Crippen MR) is 69.3 cm³/mol. The standard InChI is InChI=1S/C12H18N2O2S/c1-3-4-10(15)8-14-12(16)9-5-6-13-11(7-9)17-2/h5-7,10,15H,3-4,8H2,1-2H3,(H,14,16). The van der Waals surface area contributed by atoms with Crippen molar-refractivity contribution in [2.45, 2.75) is 30.9 Å². The van der Waals surface area contributed by atoms with Gasteiger partial charge in [-0.15, -0.1) is 11.8 Å². The molecule has 1 rings (SSSR count). The zero-order valence-electron chi connectivity index (χ0n) is 10.1. The lowest BCUT2D eigenvalue weighted by molar-refractivity contribution is 0.0909. The molecule has 94 valence electrons. The van der Waals surface area contributed by atoms with Crippen molar-refractivity contribution in [2.75, 3.05) is 12.8 Å². The van der Waals surface area contributed by atoms with E-state index in [9.17, 15) is 9.90 Å². The highest BCUT2D eigenvalue weighted by atomic mass is 32.2. The van der Waals surface area contributed by atoms with Gasteiger partial charge in [0.25, 0.3) is 5.91 Å². The Balaban J connectivity index is 2.51. The first kappa shape index (κ1) is 14.0. The minimum atomic E-state index is -0.467. The van der Waals surface area contributed by atoms with E-state index in [2.05, 4.69) is 10.3 Å². The smallest absolute Gasteiger partial charge is 0.251 e. The molecule has 17 heavy (non-hydrogen) atoms. The number of aromatic nitrogens is 1. The van der Waals surface area contributed by atoms with Crippen LogP contribution in [0.3, 0.4) is 0 Å². The van der Waals surface area contributed by atoms with E-state index >= 15 is 0 Å². The van der Waals surface area contributed by atoms with E-state index in [1.165, 1.54) is 11.8 Å². The van der Waals surface area contributed by atoms with E-state index in [0.717, 1.165) is 11.4 Å². The van der Waals surface area contributed by atoms with Crippen LogP contribution in [-0.4, -0.2) is 34.9 Å². The summed E-state index contributed by atoms with van der Waals surface area (Å²) in [6.07, 6.45) is 4.67. The average molecular weight is 254 g/mol. The fraction of sp³-hybridized carbons (Fsp3) is 0.500. The molecule has 0 aliphatic carbocycles. The zero-order chi connectivity index (χ0) is 12.7. The van der Waals surface area contributed by atoms with E-state index in [-0.39, 0.29) is 5.91 Å². The second-order valence-electron chi connectivity index (χ2n) is 3.74. The number of carbonyl (C=O) groups excluding carboxylic acids is 1. The highest BCUT2D eigenvalue weighted by Crippen LogP contribution is 2.12. The van der Waals surface area contributed by atoms with Crippen LogP contribution in [0.5, 0.6) is 0 Å². The number of amides is 1. The monoisotopic (exact) mass is 254 g/mol. The second kappa shape index (κ2) is 7.29. The summed E-state index contributed by atoms with van der Waals surface area (Å²) in [6, 6.07) is 3.41. The zero-order valence-corrected chi connectivity index (χ0v) is 11.0. The quantitative estimate of drug-likeness (QED) is 0.758. The van der Waals surface area contributed by atoms with Crippen molar-refractivity contribution in [1.29, 1.82) is 0 Å². The maximum absolute atomic E-state index is 11.8. The highest BCUT2D eigenvalue weighted by molar-refractivity contribution is 7.98. The van der Waals surface area contributed by atoms with Crippen molar-refractivity contribution in [1.82, 2.24) is 10.3 Å². The average Bonchev–Trinajstić information content (AvgIpc) is 2.36. The summed E-state index contributed by atoms with van der Waals surface area (Å²) in [7, 11) is 0. The number of thioether (sulfide) groups is 1. The molecule has 0 aliphatic rings. The molecule has 4 nitrogen and oxygen atoms in total. The van der Waals surface area contributed by atoms with Crippen LogP contribution in [-0.2, 0) is 0 Å². The Bertz CT molecular complexity index is 371. The molecule has 0 saturated carbocycles. The molecule has 1 atom stereocenters. The first-order valence-corrected chi connectivity index (χ1v) is 6.86. The van der Waals surface area contributed by atoms with Crippen LogP contribution in [0.1, 0.15) is 30.1 Å². The molecule has 1 heterocycles. The molecule has 1 aromatic rings. The summed E-state index contributed by atoms with van der Waals surface area (Å²) in [4.78, 5) is 15.9. The summed E-state index contributed by atoms with van der Waals surface area (Å²) in [5.74, 6) is -0.169. The van der Waals surface area contributed by atoms with Crippen LogP contribution in [0, 0.1) is 0 Å². The van der Waals surface area contributed by atoms with Crippen LogP contribution in [0.2, 0.25) is 0 Å². The van der Waals surface area contributed by atoms with Gasteiger partial charge in [-0.25, -0.2) is 4.98 Å². The Labute approximate surface area is 106 Å². The first-order valence-electron chi connectivity index (χ1n) is 5.63. The van der Waals surface area contributed by atoms with E-state index in [0.29, 0.717) is 18.5 Å². The Morgan fingerprint density at radius 3 is 3.06 bits per heavy atom. The fourth-order valence-corrected chi connectivity index (χ4v) is 1.82. The number of pyridine rings is 1. The first-order chi connectivity index (χ1) is 8.17. The lowest BCUT2D eigenvalue weighted by Crippen LogP contribution is -2.32. The molecule has 0 spiro atoms. The Morgan fingerprint density at radius 2 is 2.41 bits per heavy atom. The third-order valence-corrected chi connectivity index (χ3v) is 2.97. The van der Waals surface area contributed by atoms with Gasteiger partial charge in [0.1, 0.15) is 0 Å². The molecular weight excluding hydrogens is 236 g/mol. The minimum Gasteiger partial charge on any atom is -0.391 e. The molecular formula is C12H18N2O2S. The molecule has 5 heteroatoms. The SMILES string of the molecule is CCCC(O)CNC(=O)c1ccnc(SC)c1. The van der Waals surface area contributed by atoms with Gasteiger partial charge in [-0.2, -0.15) is 0 Å². The van der Waals surface area contributed by atoms with Crippen molar-refractivity contribution in [2.24, 2.45) is 0 Å². The molecule has 0 radical (unpaired) electrons. The van der Waals surface area contributed by atoms with Crippen LogP contribution in [0.4, 0.5) is 0 Å². The van der Waals surface area contributed by atoms with Crippen LogP contribution < -0.4 is 5.32 Å². The van der Waals surface area contributed by atoms with E-state index in [1.807, 2.05) is 13.2 Å². The summed E-state index contributed by atoms with van der Waals surface area (Å²) in [5.41, 5.74) is 0.577. The van der Waals surface area contributed by atoms with Gasteiger partial charge in [0.15, 0.2) is 0 Å². The predicted octanol–water partition coefficient (Wildman–Crippen LogP) is 1.69. The van der Waals surface area contributed by atoms with Gasteiger partial charge in [0, 0.05) is 18.3 Å². The number of nitrogens with one attached hydrogen (secondary N) is 1. The van der Waals surface area contributed by atoms with Gasteiger partial charge >= 0.3 is 0 Å². The molecule has 0 saturated heterocycles. The van der Waals surface area contributed by atoms with Gasteiger partial charge < -0.3 is 10.4 Å². The maximum atomic E-state index is 11.8. The topological polar surface area (TPSA) is 62.2 Å². The Kier molecular flexibility index (Phi) is 6.00. The number of hydrogen-bond acceptors (Lipinski definition) is 4. The highest BCUT2D eigenvalue weighted by Gasteiger charge is 2.09. The number of rotatable bonds is 6. The molecule has 1 unspecified atom stereocenters. The number of carbonyl (C=O) groups is 1. The van der Waals surface area contributed by atoms with E-state index < -0.39 is 6.10 Å². The van der Waals surface area contributed by atoms with Crippen molar-refractivity contribution in [3.63, 3.8) is 0 Å². The largest absolute Gasteiger partial charge is 0.391 e. The van der Waals surface area contributed by atoms with Crippen LogP contribution in [0.25, 0.3) is 0 Å². The second-order valence-corrected chi connectivity index (χ2v) is 4.57. The fourth-order valence-electron chi connectivity index (χ4n) is 1.41. The Morgan fingerprint density at radius 1 is 1.65 bits per heavy atom. The van der Waals surface area contributed by atoms with Crippen molar-refractivity contribution < 1.29 is 9.90 Å². The normalized spacial score (nSPS) is 12.2. The maximum Gasteiger partial charge on any atom is 0.251 e. The lowest BCUT2D eigenvalue weighted by Gasteiger charge is -2.10. The number of aliphatic hydroxyl groups is 1. The Hall–Kier alpha value is -1.07. The van der Waals surface area contributed by atoms with Gasteiger partial charge in [0.2, 0.25) is 0 Å². The van der Waals surface area contributed by atoms with Crippen molar-refractivity contribution in [3.8, 4) is 0 Å². The van der Waals surface area contributed by atoms with Crippen LogP contribution in [0.15, 0.2) is 23.4 Å². The number of nitrogens with zero attached hydrogens (tertiary/aromatic N) is 1. The number of aliphatic hydroxyl groups excluding tert-OH is 1. The lowest BCUT2D eigenvalue weighted by atomic mass is 10.2. The van der Waals surface area contributed by atoms with E-state index in [1.54, 1.807) is 18.3 Å². The molecule has 1 aromatic heterocycles. The third kappa shape index (κ3) is 4.75. The van der Waals surface area contributed by atoms with Crippen molar-refractivity contribution >= 4 is 17.7 Å². The molecule has 2 N–H and O–H groups in total. The molecule has 0 bridgehead atoms. The van der Waals surface area contributed by atoms with E-state index in [4.69, 9.17) is 0 Å². The van der Waals surface area contributed by atoms with Crippen molar-refractivity contribution in [3.05, 3.63) is 23.9 Å². The summed E-state index contributed by atoms with van der Waals surface area (Å²) >= 11 is 1.49. The van der Waals surface area contributed by atoms with Gasteiger partial charge in [-0.3, -0.25) is 4.79 Å². The number of hydrogen-bond donors (Lipinski definition) is 2. The molecule has 1 amide bonds. The summed E-state index contributed by atoms with van der Waals surface area (Å²) in [5, 5.41) is 13.0. The minimum absolute atomic E-state index is 0.169. The van der Waals surface area contributed by atoms with Gasteiger partial charge in [-0.05, 0) is 24.8 Å². The third-order valence-electron chi connectivity index (χ3n) is 2.33. The van der Waals surface area contributed by atoms with Gasteiger partial charge in [-0.1, -0.05) is 13.3 Å². The summed E-state index contributed by atoms with van der Waals surface area (Å²) in [6.45, 7) is 2.29. The summed E-state index contributed by atoms with van der Waals surface area (Å²) < 4.78 is 0. The van der Waals surface area contributed by atoms with Gasteiger partial charge in [0.05, 0.1) is 11.1 Å². The molecule has 0 aromatic carbocycles.